The lowest BCUT2D eigenvalue weighted by Gasteiger charge is -2.51. The second-order valence-corrected chi connectivity index (χ2v) is 4.99. The molecule has 0 bridgehead atoms. The molecule has 0 aliphatic heterocycles. The van der Waals surface area contributed by atoms with Gasteiger partial charge in [-0.3, -0.25) is 0 Å². The number of aromatic nitrogens is 2. The van der Waals surface area contributed by atoms with E-state index in [-0.39, 0.29) is 5.41 Å². The number of rotatable bonds is 4. The zero-order chi connectivity index (χ0) is 12.5. The van der Waals surface area contributed by atoms with Gasteiger partial charge in [0.2, 0.25) is 5.95 Å². The Kier molecular flexibility index (Phi) is 3.19. The summed E-state index contributed by atoms with van der Waals surface area (Å²) in [6.07, 6.45) is 3.09. The Labute approximate surface area is 102 Å². The molecule has 1 aliphatic rings. The van der Waals surface area contributed by atoms with Gasteiger partial charge >= 0.3 is 0 Å². The van der Waals surface area contributed by atoms with E-state index in [0.29, 0.717) is 18.1 Å². The van der Waals surface area contributed by atoms with E-state index in [0.717, 1.165) is 12.2 Å². The molecule has 1 saturated carbocycles. The largest absolute Gasteiger partial charge is 0.381 e. The van der Waals surface area contributed by atoms with Crippen LogP contribution in [0.3, 0.4) is 0 Å². The zero-order valence-electron chi connectivity index (χ0n) is 10.8. The van der Waals surface area contributed by atoms with E-state index in [1.165, 1.54) is 0 Å². The van der Waals surface area contributed by atoms with Crippen LogP contribution in [0.2, 0.25) is 0 Å². The Hall–Kier alpha value is -1.36. The van der Waals surface area contributed by atoms with E-state index in [1.807, 2.05) is 13.1 Å². The molecule has 94 valence electrons. The molecule has 0 saturated heterocycles. The maximum absolute atomic E-state index is 5.43. The average molecular weight is 236 g/mol. The molecule has 5 nitrogen and oxygen atoms in total. The molecule has 0 aromatic carbocycles. The lowest BCUT2D eigenvalue weighted by atomic mass is 9.64. The van der Waals surface area contributed by atoms with E-state index < -0.39 is 0 Å². The maximum Gasteiger partial charge on any atom is 0.224 e. The molecule has 1 aromatic heterocycles. The lowest BCUT2D eigenvalue weighted by molar-refractivity contribution is -0.0795. The summed E-state index contributed by atoms with van der Waals surface area (Å²) >= 11 is 0. The number of nitrogens with one attached hydrogen (secondary N) is 2. The Morgan fingerprint density at radius 2 is 2.24 bits per heavy atom. The van der Waals surface area contributed by atoms with Crippen molar-refractivity contribution in [2.45, 2.75) is 32.4 Å². The van der Waals surface area contributed by atoms with Crippen molar-refractivity contribution in [3.05, 3.63) is 12.3 Å². The molecule has 2 N–H and O–H groups in total. The second-order valence-electron chi connectivity index (χ2n) is 4.99. The van der Waals surface area contributed by atoms with Crippen molar-refractivity contribution in [2.24, 2.45) is 5.41 Å². The van der Waals surface area contributed by atoms with Crippen LogP contribution in [0.1, 0.15) is 20.3 Å². The molecule has 17 heavy (non-hydrogen) atoms. The Bertz CT molecular complexity index is 394. The Morgan fingerprint density at radius 3 is 2.82 bits per heavy atom. The molecule has 1 aromatic rings. The van der Waals surface area contributed by atoms with Gasteiger partial charge in [0.1, 0.15) is 5.82 Å². The molecule has 0 spiro atoms. The third kappa shape index (κ3) is 2.20. The van der Waals surface area contributed by atoms with Crippen molar-refractivity contribution in [2.75, 3.05) is 24.8 Å². The van der Waals surface area contributed by atoms with E-state index in [9.17, 15) is 0 Å². The molecule has 0 radical (unpaired) electrons. The summed E-state index contributed by atoms with van der Waals surface area (Å²) in [6, 6.07) is 2.28. The van der Waals surface area contributed by atoms with Gasteiger partial charge in [0.15, 0.2) is 0 Å². The zero-order valence-corrected chi connectivity index (χ0v) is 10.8. The molecular formula is C12H20N4O. The van der Waals surface area contributed by atoms with Crippen molar-refractivity contribution in [3.8, 4) is 0 Å². The van der Waals surface area contributed by atoms with Crippen LogP contribution in [0.4, 0.5) is 11.8 Å². The van der Waals surface area contributed by atoms with E-state index in [1.54, 1.807) is 13.3 Å². The van der Waals surface area contributed by atoms with Crippen molar-refractivity contribution in [3.63, 3.8) is 0 Å². The summed E-state index contributed by atoms with van der Waals surface area (Å²) < 4.78 is 5.43. The summed E-state index contributed by atoms with van der Waals surface area (Å²) in [4.78, 5) is 8.44. The standard InChI is InChI=1S/C12H20N4O/c1-12(2)8(7-9(12)17-4)15-10-5-6-14-11(13-3)16-10/h5-6,8-9H,7H2,1-4H3,(H2,13,14,15,16). The molecule has 2 rings (SSSR count). The summed E-state index contributed by atoms with van der Waals surface area (Å²) in [5.41, 5.74) is 0.138. The fraction of sp³-hybridized carbons (Fsp3) is 0.667. The summed E-state index contributed by atoms with van der Waals surface area (Å²) in [7, 11) is 3.58. The molecule has 2 atom stereocenters. The van der Waals surface area contributed by atoms with Crippen molar-refractivity contribution >= 4 is 11.8 Å². The van der Waals surface area contributed by atoms with Gasteiger partial charge in [-0.2, -0.15) is 4.98 Å². The van der Waals surface area contributed by atoms with Crippen LogP contribution in [0.15, 0.2) is 12.3 Å². The third-order valence-electron chi connectivity index (χ3n) is 3.66. The van der Waals surface area contributed by atoms with Gasteiger partial charge in [0.05, 0.1) is 6.10 Å². The Morgan fingerprint density at radius 1 is 1.47 bits per heavy atom. The van der Waals surface area contributed by atoms with Crippen LogP contribution in [0.5, 0.6) is 0 Å². The van der Waals surface area contributed by atoms with Gasteiger partial charge in [-0.15, -0.1) is 0 Å². The van der Waals surface area contributed by atoms with Crippen LogP contribution in [-0.4, -0.2) is 36.3 Å². The van der Waals surface area contributed by atoms with E-state index in [4.69, 9.17) is 4.74 Å². The van der Waals surface area contributed by atoms with Crippen LogP contribution in [0.25, 0.3) is 0 Å². The Balaban J connectivity index is 2.02. The van der Waals surface area contributed by atoms with Crippen LogP contribution in [0, 0.1) is 5.41 Å². The van der Waals surface area contributed by atoms with Gasteiger partial charge in [-0.05, 0) is 12.5 Å². The average Bonchev–Trinajstić information content (AvgIpc) is 2.34. The smallest absolute Gasteiger partial charge is 0.224 e. The third-order valence-corrected chi connectivity index (χ3v) is 3.66. The number of hydrogen-bond donors (Lipinski definition) is 2. The predicted molar refractivity (Wildman–Crippen MR) is 68.2 cm³/mol. The first-order valence-corrected chi connectivity index (χ1v) is 5.88. The molecular weight excluding hydrogens is 216 g/mol. The fourth-order valence-corrected chi connectivity index (χ4v) is 2.27. The highest BCUT2D eigenvalue weighted by Crippen LogP contribution is 2.43. The minimum Gasteiger partial charge on any atom is -0.381 e. The number of methoxy groups -OCH3 is 1. The molecule has 2 unspecified atom stereocenters. The summed E-state index contributed by atoms with van der Waals surface area (Å²) in [5.74, 6) is 1.49. The minimum absolute atomic E-state index is 0.138. The maximum atomic E-state index is 5.43. The minimum atomic E-state index is 0.138. The van der Waals surface area contributed by atoms with Crippen LogP contribution >= 0.6 is 0 Å². The van der Waals surface area contributed by atoms with E-state index >= 15 is 0 Å². The molecule has 1 aliphatic carbocycles. The molecule has 5 heteroatoms. The SMILES string of the molecule is CNc1nccc(NC2CC(OC)C2(C)C)n1. The summed E-state index contributed by atoms with van der Waals surface area (Å²) in [6.45, 7) is 4.42. The van der Waals surface area contributed by atoms with Gasteiger partial charge < -0.3 is 15.4 Å². The summed E-state index contributed by atoms with van der Waals surface area (Å²) in [5, 5.41) is 6.37. The van der Waals surface area contributed by atoms with Crippen molar-refractivity contribution in [1.29, 1.82) is 0 Å². The highest BCUT2D eigenvalue weighted by atomic mass is 16.5. The lowest BCUT2D eigenvalue weighted by Crippen LogP contribution is -2.57. The normalized spacial score (nSPS) is 26.1. The molecule has 1 fully saturated rings. The van der Waals surface area contributed by atoms with Gasteiger partial charge in [-0.1, -0.05) is 13.8 Å². The second kappa shape index (κ2) is 4.49. The van der Waals surface area contributed by atoms with Crippen LogP contribution in [-0.2, 0) is 4.74 Å². The van der Waals surface area contributed by atoms with Gasteiger partial charge in [-0.25, -0.2) is 4.98 Å². The highest BCUT2D eigenvalue weighted by Gasteiger charge is 2.48. The highest BCUT2D eigenvalue weighted by molar-refractivity contribution is 5.41. The van der Waals surface area contributed by atoms with Crippen LogP contribution < -0.4 is 10.6 Å². The fourth-order valence-electron chi connectivity index (χ4n) is 2.27. The quantitative estimate of drug-likeness (QED) is 0.834. The molecule has 1 heterocycles. The first kappa shape index (κ1) is 12.1. The van der Waals surface area contributed by atoms with Gasteiger partial charge in [0, 0.05) is 31.8 Å². The number of ether oxygens (including phenoxy) is 1. The monoisotopic (exact) mass is 236 g/mol. The van der Waals surface area contributed by atoms with Gasteiger partial charge in [0.25, 0.3) is 0 Å². The van der Waals surface area contributed by atoms with Crippen molar-refractivity contribution < 1.29 is 4.74 Å². The number of anilines is 2. The van der Waals surface area contributed by atoms with Crippen molar-refractivity contribution in [1.82, 2.24) is 9.97 Å². The first-order valence-electron chi connectivity index (χ1n) is 5.88. The first-order chi connectivity index (χ1) is 8.07. The topological polar surface area (TPSA) is 59.1 Å². The van der Waals surface area contributed by atoms with E-state index in [2.05, 4.69) is 34.4 Å². The number of nitrogens with zero attached hydrogens (tertiary/aromatic N) is 2. The predicted octanol–water partition coefficient (Wildman–Crippen LogP) is 1.74. The molecule has 0 amide bonds. The number of hydrogen-bond acceptors (Lipinski definition) is 5.